The smallest absolute Gasteiger partial charge is 0.252 e. The van der Waals surface area contributed by atoms with Gasteiger partial charge < -0.3 is 19.1 Å². The monoisotopic (exact) mass is 1160 g/mol. The van der Waals surface area contributed by atoms with E-state index < -0.39 is 0 Å². The topological polar surface area (TPSA) is 22.9 Å². The van der Waals surface area contributed by atoms with E-state index in [0.29, 0.717) is 0 Å². The van der Waals surface area contributed by atoms with Crippen molar-refractivity contribution in [2.75, 3.05) is 14.7 Å². The first-order valence-corrected chi connectivity index (χ1v) is 33.7. The van der Waals surface area contributed by atoms with Crippen molar-refractivity contribution in [1.29, 1.82) is 0 Å². The van der Waals surface area contributed by atoms with Crippen LogP contribution in [-0.2, 0) is 37.9 Å². The number of anilines is 8. The van der Waals surface area contributed by atoms with Gasteiger partial charge in [0.25, 0.3) is 6.71 Å². The normalized spacial score (nSPS) is 22.9. The molecule has 4 heterocycles. The summed E-state index contributed by atoms with van der Waals surface area (Å²) in [6.45, 7) is 35.1. The molecule has 446 valence electrons. The van der Waals surface area contributed by atoms with Crippen molar-refractivity contribution in [3.63, 3.8) is 0 Å². The Kier molecular flexibility index (Phi) is 11.2. The van der Waals surface area contributed by atoms with E-state index in [0.717, 1.165) is 59.7 Å². The Labute approximate surface area is 529 Å². The lowest BCUT2D eigenvalue weighted by molar-refractivity contribution is 0.195. The molecule has 89 heavy (non-hydrogen) atoms. The van der Waals surface area contributed by atoms with Crippen LogP contribution in [0.15, 0.2) is 174 Å². The van der Waals surface area contributed by atoms with Crippen LogP contribution in [0.2, 0.25) is 0 Å². The Hall–Kier alpha value is -7.76. The first-order valence-electron chi connectivity index (χ1n) is 33.7. The fourth-order valence-corrected chi connectivity index (χ4v) is 19.2. The van der Waals surface area contributed by atoms with E-state index in [1.165, 1.54) is 137 Å². The molecular weight excluding hydrogens is 1080 g/mol. The molecule has 0 N–H and O–H groups in total. The molecule has 3 aliphatic heterocycles. The number of nitrogens with zero attached hydrogens (tertiary/aromatic N) is 3. The molecule has 2 atom stereocenters. The van der Waals surface area contributed by atoms with Gasteiger partial charge in [-0.25, -0.2) is 0 Å². The largest absolute Gasteiger partial charge is 0.454 e. The Balaban J connectivity index is 1.04. The van der Waals surface area contributed by atoms with E-state index in [-0.39, 0.29) is 50.2 Å². The molecule has 0 amide bonds. The first kappa shape index (κ1) is 55.3. The molecule has 17 rings (SSSR count). The number of rotatable bonds is 4. The summed E-state index contributed by atoms with van der Waals surface area (Å²) >= 11 is 0. The van der Waals surface area contributed by atoms with E-state index in [1.807, 2.05) is 0 Å². The summed E-state index contributed by atoms with van der Waals surface area (Å²) < 4.78 is 7.30. The summed E-state index contributed by atoms with van der Waals surface area (Å²) in [6, 6.07) is 67.3. The molecule has 4 nitrogen and oxygen atoms in total. The molecule has 1 saturated carbocycles. The predicted octanol–water partition coefficient (Wildman–Crippen LogP) is 20.7. The van der Waals surface area contributed by atoms with Gasteiger partial charge >= 0.3 is 0 Å². The molecule has 4 aliphatic carbocycles. The molecule has 0 spiro atoms. The van der Waals surface area contributed by atoms with E-state index in [4.69, 9.17) is 4.42 Å². The van der Waals surface area contributed by atoms with Crippen molar-refractivity contribution in [3.8, 4) is 11.1 Å². The molecular formula is C84H86BN3O. The maximum absolute atomic E-state index is 7.30. The molecule has 0 saturated heterocycles. The van der Waals surface area contributed by atoms with Gasteiger partial charge in [-0.3, -0.25) is 0 Å². The van der Waals surface area contributed by atoms with Crippen molar-refractivity contribution >= 4 is 90.5 Å². The first-order chi connectivity index (χ1) is 42.3. The maximum atomic E-state index is 7.30. The van der Waals surface area contributed by atoms with Crippen LogP contribution in [0.4, 0.5) is 45.5 Å². The van der Waals surface area contributed by atoms with Gasteiger partial charge in [0, 0.05) is 66.8 Å². The standard InChI is InChI=1S/C84H86BN3O/c1-77(2)39-40-78(3,4)60-44-53(34-35-57(60)77)86-70-49-62-61(79(5,6)41-42-80(62,7)8)47-66(70)85-67-48-63-64(82(11,12)59-30-20-19-29-58(59)81(63,9)10)50-71(67)87(69-31-24-28-56-55-27-18-21-32-74(55)89-76(56)69)73-46-54(45-72(86)75(73)85)88-68-36-33-52(51-25-16-15-17-26-51)43-65(68)83(13)37-22-23-38-84(83,88)14/h15-21,24-36,43-50H,22-23,37-42H2,1-14H3. The van der Waals surface area contributed by atoms with Gasteiger partial charge in [-0.05, 0) is 205 Å². The number of hydrogen-bond acceptors (Lipinski definition) is 4. The Bertz CT molecular complexity index is 4700. The van der Waals surface area contributed by atoms with Crippen molar-refractivity contribution < 1.29 is 4.42 Å². The lowest BCUT2D eigenvalue weighted by atomic mass is 9.32. The molecule has 2 unspecified atom stereocenters. The molecule has 1 aromatic heterocycles. The summed E-state index contributed by atoms with van der Waals surface area (Å²) in [7, 11) is 0. The number of fused-ring (bicyclic) bond motifs is 14. The predicted molar refractivity (Wildman–Crippen MR) is 377 cm³/mol. The van der Waals surface area contributed by atoms with Gasteiger partial charge in [-0.1, -0.05) is 212 Å². The third-order valence-corrected chi connectivity index (χ3v) is 25.0. The summed E-state index contributed by atoms with van der Waals surface area (Å²) in [5.74, 6) is 0. The minimum atomic E-state index is -0.288. The van der Waals surface area contributed by atoms with Crippen LogP contribution in [0.5, 0.6) is 0 Å². The van der Waals surface area contributed by atoms with Crippen LogP contribution in [0.1, 0.15) is 198 Å². The van der Waals surface area contributed by atoms with Crippen LogP contribution in [0.3, 0.4) is 0 Å². The van der Waals surface area contributed by atoms with Crippen LogP contribution in [-0.4, -0.2) is 12.3 Å². The molecule has 10 aromatic rings. The van der Waals surface area contributed by atoms with E-state index >= 15 is 0 Å². The second-order valence-electron chi connectivity index (χ2n) is 32.5. The van der Waals surface area contributed by atoms with Crippen LogP contribution in [0, 0.1) is 0 Å². The average Bonchev–Trinajstić information content (AvgIpc) is 1.34. The molecule has 0 bridgehead atoms. The summed E-state index contributed by atoms with van der Waals surface area (Å²) in [5, 5.41) is 2.28. The van der Waals surface area contributed by atoms with E-state index in [9.17, 15) is 0 Å². The van der Waals surface area contributed by atoms with Crippen LogP contribution >= 0.6 is 0 Å². The van der Waals surface area contributed by atoms with Crippen molar-refractivity contribution in [1.82, 2.24) is 0 Å². The van der Waals surface area contributed by atoms with Gasteiger partial charge in [0.15, 0.2) is 5.58 Å². The highest BCUT2D eigenvalue weighted by molar-refractivity contribution is 7.00. The highest BCUT2D eigenvalue weighted by Crippen LogP contribution is 2.63. The van der Waals surface area contributed by atoms with Crippen LogP contribution < -0.4 is 31.1 Å². The number of benzene rings is 9. The van der Waals surface area contributed by atoms with Crippen molar-refractivity contribution in [2.24, 2.45) is 0 Å². The average molecular weight is 1160 g/mol. The molecule has 1 fully saturated rings. The van der Waals surface area contributed by atoms with Crippen molar-refractivity contribution in [3.05, 3.63) is 220 Å². The Morgan fingerprint density at radius 3 is 1.60 bits per heavy atom. The lowest BCUT2D eigenvalue weighted by Crippen LogP contribution is -2.62. The third kappa shape index (κ3) is 7.37. The van der Waals surface area contributed by atoms with Gasteiger partial charge in [0.1, 0.15) is 5.58 Å². The molecule has 9 aromatic carbocycles. The number of hydrogen-bond donors (Lipinski definition) is 0. The molecule has 7 aliphatic rings. The second kappa shape index (κ2) is 18.0. The number of furan rings is 1. The quantitative estimate of drug-likeness (QED) is 0.164. The Morgan fingerprint density at radius 1 is 0.348 bits per heavy atom. The minimum absolute atomic E-state index is 0.00233. The molecule has 5 heteroatoms. The molecule has 0 radical (unpaired) electrons. The highest BCUT2D eigenvalue weighted by Gasteiger charge is 2.59. The highest BCUT2D eigenvalue weighted by atomic mass is 16.3. The maximum Gasteiger partial charge on any atom is 0.252 e. The van der Waals surface area contributed by atoms with Crippen LogP contribution in [0.25, 0.3) is 33.1 Å². The SMILES string of the molecule is CC1(C)CCC(C)(C)c2cc(N3c4cc5c(cc4B4c6cc7c(cc6N(c6cccc8c6oc6ccccc68)c6cc(N8c9ccc(-c%10ccccc%10)cc9C9(C)CCCCC89C)cc3c64)C(C)(C)c3ccccc3C7(C)C)C(C)(C)CCC5(C)C)ccc21. The fourth-order valence-electron chi connectivity index (χ4n) is 19.2. The van der Waals surface area contributed by atoms with Gasteiger partial charge in [0.2, 0.25) is 0 Å². The minimum Gasteiger partial charge on any atom is -0.454 e. The van der Waals surface area contributed by atoms with Crippen molar-refractivity contribution in [2.45, 2.75) is 192 Å². The number of para-hydroxylation sites is 2. The zero-order chi connectivity index (χ0) is 61.5. The zero-order valence-electron chi connectivity index (χ0n) is 55.1. The lowest BCUT2D eigenvalue weighted by Gasteiger charge is -2.52. The van der Waals surface area contributed by atoms with Gasteiger partial charge in [0.05, 0.1) is 11.2 Å². The summed E-state index contributed by atoms with van der Waals surface area (Å²) in [6.07, 6.45) is 9.24. The third-order valence-electron chi connectivity index (χ3n) is 25.0. The van der Waals surface area contributed by atoms with Gasteiger partial charge in [-0.2, -0.15) is 0 Å². The second-order valence-corrected chi connectivity index (χ2v) is 32.5. The van der Waals surface area contributed by atoms with Gasteiger partial charge in [-0.15, -0.1) is 0 Å². The Morgan fingerprint density at radius 2 is 0.899 bits per heavy atom. The summed E-state index contributed by atoms with van der Waals surface area (Å²) in [4.78, 5) is 8.35. The van der Waals surface area contributed by atoms with E-state index in [1.54, 1.807) is 0 Å². The zero-order valence-corrected chi connectivity index (χ0v) is 55.1. The van der Waals surface area contributed by atoms with E-state index in [2.05, 4.69) is 281 Å². The fraction of sp³-hybridized carbons (Fsp3) is 0.357. The summed E-state index contributed by atoms with van der Waals surface area (Å²) in [5.41, 5.74) is 30.6.